The highest BCUT2D eigenvalue weighted by Gasteiger charge is 2.38. The van der Waals surface area contributed by atoms with Gasteiger partial charge < -0.3 is 9.63 Å². The molecule has 0 fully saturated rings. The second-order valence-electron chi connectivity index (χ2n) is 6.69. The standard InChI is InChI=1S/C15H22F3NO2Si/c1-14(2,3)22(4,5)21-10-11-6-8-12(9-7-11)13(19-20)15(16,17)18/h6-9,20H,10H2,1-5H3. The Morgan fingerprint density at radius 2 is 1.64 bits per heavy atom. The van der Waals surface area contributed by atoms with Crippen LogP contribution in [0.1, 0.15) is 31.9 Å². The summed E-state index contributed by atoms with van der Waals surface area (Å²) in [6.45, 7) is 10.9. The van der Waals surface area contributed by atoms with Crippen molar-refractivity contribution in [2.75, 3.05) is 0 Å². The monoisotopic (exact) mass is 333 g/mol. The number of halogens is 3. The van der Waals surface area contributed by atoms with E-state index in [2.05, 4.69) is 39.0 Å². The second-order valence-corrected chi connectivity index (χ2v) is 11.5. The van der Waals surface area contributed by atoms with E-state index in [-0.39, 0.29) is 10.6 Å². The normalized spacial score (nSPS) is 14.3. The number of nitrogens with zero attached hydrogens (tertiary/aromatic N) is 1. The van der Waals surface area contributed by atoms with Crippen LogP contribution in [0.25, 0.3) is 0 Å². The summed E-state index contributed by atoms with van der Waals surface area (Å²) >= 11 is 0. The molecule has 0 aliphatic rings. The van der Waals surface area contributed by atoms with E-state index in [0.29, 0.717) is 6.61 Å². The minimum Gasteiger partial charge on any atom is -0.413 e. The van der Waals surface area contributed by atoms with E-state index in [1.807, 2.05) is 0 Å². The average molecular weight is 333 g/mol. The topological polar surface area (TPSA) is 41.8 Å². The summed E-state index contributed by atoms with van der Waals surface area (Å²) in [5, 5.41) is 10.9. The summed E-state index contributed by atoms with van der Waals surface area (Å²) < 4.78 is 43.9. The molecule has 0 aromatic heterocycles. The van der Waals surface area contributed by atoms with Crippen molar-refractivity contribution in [1.82, 2.24) is 0 Å². The molecule has 0 unspecified atom stereocenters. The van der Waals surface area contributed by atoms with E-state index < -0.39 is 20.2 Å². The Morgan fingerprint density at radius 3 is 2.00 bits per heavy atom. The zero-order valence-corrected chi connectivity index (χ0v) is 14.5. The molecule has 0 saturated heterocycles. The predicted molar refractivity (Wildman–Crippen MR) is 82.8 cm³/mol. The van der Waals surface area contributed by atoms with Crippen molar-refractivity contribution in [2.24, 2.45) is 5.16 Å². The van der Waals surface area contributed by atoms with Crippen LogP contribution in [-0.4, -0.2) is 25.4 Å². The zero-order valence-electron chi connectivity index (χ0n) is 13.5. The Labute approximate surface area is 129 Å². The molecule has 0 saturated carbocycles. The van der Waals surface area contributed by atoms with Crippen LogP contribution >= 0.6 is 0 Å². The lowest BCUT2D eigenvalue weighted by Gasteiger charge is -2.36. The smallest absolute Gasteiger partial charge is 0.413 e. The maximum absolute atomic E-state index is 12.6. The Morgan fingerprint density at radius 1 is 1.14 bits per heavy atom. The van der Waals surface area contributed by atoms with Crippen LogP contribution in [0.4, 0.5) is 13.2 Å². The second kappa shape index (κ2) is 6.42. The molecule has 3 nitrogen and oxygen atoms in total. The SMILES string of the molecule is CC(C)(C)[Si](C)(C)OCc1ccc(C(=NO)C(F)(F)F)cc1. The van der Waals surface area contributed by atoms with Crippen LogP contribution in [0, 0.1) is 0 Å². The molecule has 0 heterocycles. The van der Waals surface area contributed by atoms with Gasteiger partial charge in [-0.15, -0.1) is 0 Å². The molecule has 0 aliphatic carbocycles. The van der Waals surface area contributed by atoms with Gasteiger partial charge in [0.05, 0.1) is 6.61 Å². The number of benzene rings is 1. The van der Waals surface area contributed by atoms with Crippen molar-refractivity contribution in [3.05, 3.63) is 35.4 Å². The van der Waals surface area contributed by atoms with Crippen LogP contribution in [0.2, 0.25) is 18.1 Å². The predicted octanol–water partition coefficient (Wildman–Crippen LogP) is 4.95. The van der Waals surface area contributed by atoms with Crippen LogP contribution in [-0.2, 0) is 11.0 Å². The maximum Gasteiger partial charge on any atom is 0.437 e. The third kappa shape index (κ3) is 4.57. The number of rotatable bonds is 4. The van der Waals surface area contributed by atoms with Crippen LogP contribution in [0.5, 0.6) is 0 Å². The van der Waals surface area contributed by atoms with Crippen molar-refractivity contribution in [1.29, 1.82) is 0 Å². The number of hydrogen-bond acceptors (Lipinski definition) is 3. The first-order valence-corrected chi connectivity index (χ1v) is 9.82. The molecule has 124 valence electrons. The van der Waals surface area contributed by atoms with Gasteiger partial charge in [-0.25, -0.2) is 0 Å². The van der Waals surface area contributed by atoms with Crippen molar-refractivity contribution >= 4 is 14.0 Å². The molecule has 0 aliphatic heterocycles. The van der Waals surface area contributed by atoms with Gasteiger partial charge in [0, 0.05) is 5.56 Å². The molecule has 0 radical (unpaired) electrons. The van der Waals surface area contributed by atoms with Crippen LogP contribution in [0.15, 0.2) is 29.4 Å². The van der Waals surface area contributed by atoms with Crippen molar-refractivity contribution in [3.63, 3.8) is 0 Å². The Balaban J connectivity index is 2.83. The highest BCUT2D eigenvalue weighted by atomic mass is 28.4. The van der Waals surface area contributed by atoms with E-state index in [1.165, 1.54) is 12.1 Å². The summed E-state index contributed by atoms with van der Waals surface area (Å²) in [5.41, 5.74) is -0.691. The molecule has 1 aromatic carbocycles. The van der Waals surface area contributed by atoms with Gasteiger partial charge in [-0.2, -0.15) is 13.2 Å². The van der Waals surface area contributed by atoms with E-state index in [0.717, 1.165) is 5.56 Å². The summed E-state index contributed by atoms with van der Waals surface area (Å²) in [5.74, 6) is 0. The van der Waals surface area contributed by atoms with Gasteiger partial charge in [-0.3, -0.25) is 0 Å². The molecular weight excluding hydrogens is 311 g/mol. The summed E-state index contributed by atoms with van der Waals surface area (Å²) in [7, 11) is -1.90. The van der Waals surface area contributed by atoms with Gasteiger partial charge in [0.1, 0.15) is 0 Å². The van der Waals surface area contributed by atoms with Gasteiger partial charge in [0.15, 0.2) is 14.0 Å². The summed E-state index contributed by atoms with van der Waals surface area (Å²) in [6.07, 6.45) is -4.69. The fraction of sp³-hybridized carbons (Fsp3) is 0.533. The lowest BCUT2D eigenvalue weighted by Crippen LogP contribution is -2.40. The molecular formula is C15H22F3NO2Si. The van der Waals surface area contributed by atoms with E-state index in [4.69, 9.17) is 9.63 Å². The van der Waals surface area contributed by atoms with Gasteiger partial charge in [-0.1, -0.05) is 50.2 Å². The van der Waals surface area contributed by atoms with Gasteiger partial charge >= 0.3 is 6.18 Å². The van der Waals surface area contributed by atoms with E-state index >= 15 is 0 Å². The highest BCUT2D eigenvalue weighted by molar-refractivity contribution is 6.74. The molecule has 1 N–H and O–H groups in total. The van der Waals surface area contributed by atoms with Gasteiger partial charge in [0.2, 0.25) is 0 Å². The molecule has 22 heavy (non-hydrogen) atoms. The van der Waals surface area contributed by atoms with E-state index in [1.54, 1.807) is 12.1 Å². The minimum absolute atomic E-state index is 0.0694. The largest absolute Gasteiger partial charge is 0.437 e. The van der Waals surface area contributed by atoms with Crippen molar-refractivity contribution in [3.8, 4) is 0 Å². The van der Waals surface area contributed by atoms with E-state index in [9.17, 15) is 13.2 Å². The fourth-order valence-corrected chi connectivity index (χ4v) is 2.48. The van der Waals surface area contributed by atoms with Crippen LogP contribution < -0.4 is 0 Å². The molecule has 0 spiro atoms. The van der Waals surface area contributed by atoms with Gasteiger partial charge in [0.25, 0.3) is 0 Å². The maximum atomic E-state index is 12.6. The fourth-order valence-electron chi connectivity index (χ4n) is 1.52. The first-order valence-electron chi connectivity index (χ1n) is 6.91. The first kappa shape index (κ1) is 18.7. The molecule has 1 rings (SSSR count). The highest BCUT2D eigenvalue weighted by Crippen LogP contribution is 2.37. The van der Waals surface area contributed by atoms with Crippen molar-refractivity contribution in [2.45, 2.75) is 51.7 Å². The number of hydrogen-bond donors (Lipinski definition) is 1. The zero-order chi connectivity index (χ0) is 17.2. The number of alkyl halides is 3. The molecule has 7 heteroatoms. The summed E-state index contributed by atoms with van der Waals surface area (Å²) in [6, 6.07) is 5.68. The molecule has 0 amide bonds. The lowest BCUT2D eigenvalue weighted by molar-refractivity contribution is -0.0601. The third-order valence-electron chi connectivity index (χ3n) is 4.00. The third-order valence-corrected chi connectivity index (χ3v) is 8.48. The molecule has 1 aromatic rings. The lowest BCUT2D eigenvalue weighted by atomic mass is 10.1. The first-order chi connectivity index (χ1) is 9.88. The Kier molecular flexibility index (Phi) is 5.45. The Bertz CT molecular complexity index is 531. The molecule has 0 atom stereocenters. The Hall–Kier alpha value is -1.34. The molecule has 0 bridgehead atoms. The number of oxime groups is 1. The summed E-state index contributed by atoms with van der Waals surface area (Å²) in [4.78, 5) is 0. The quantitative estimate of drug-likeness (QED) is 0.367. The van der Waals surface area contributed by atoms with Crippen molar-refractivity contribution < 1.29 is 22.8 Å². The van der Waals surface area contributed by atoms with Gasteiger partial charge in [-0.05, 0) is 23.7 Å². The minimum atomic E-state index is -4.69. The van der Waals surface area contributed by atoms with Crippen LogP contribution in [0.3, 0.4) is 0 Å². The average Bonchev–Trinajstić information content (AvgIpc) is 2.35.